The minimum Gasteiger partial charge on any atom is -0.490 e. The molecule has 3 rings (SSSR count). The Balaban J connectivity index is 1.69. The van der Waals surface area contributed by atoms with Crippen LogP contribution in [0.3, 0.4) is 0 Å². The van der Waals surface area contributed by atoms with Crippen molar-refractivity contribution in [2.45, 2.75) is 44.2 Å². The van der Waals surface area contributed by atoms with Crippen molar-refractivity contribution in [3.63, 3.8) is 0 Å². The van der Waals surface area contributed by atoms with Crippen molar-refractivity contribution < 1.29 is 14.6 Å². The monoisotopic (exact) mass is 381 g/mol. The molecule has 1 aromatic carbocycles. The number of hydrogen-bond donors (Lipinski definition) is 2. The molecule has 1 fully saturated rings. The summed E-state index contributed by atoms with van der Waals surface area (Å²) < 4.78 is 9.00. The van der Waals surface area contributed by atoms with Gasteiger partial charge in [-0.3, -0.25) is 0 Å². The van der Waals surface area contributed by atoms with E-state index in [0.717, 1.165) is 46.9 Å². The summed E-state index contributed by atoms with van der Waals surface area (Å²) in [6, 6.07) is 3.94. The number of ether oxygens (including phenoxy) is 1. The normalized spacial score (nSPS) is 24.6. The maximum Gasteiger partial charge on any atom is 0.405 e. The van der Waals surface area contributed by atoms with Crippen LogP contribution >= 0.6 is 15.9 Å². The van der Waals surface area contributed by atoms with Gasteiger partial charge < -0.3 is 19.7 Å². The first-order valence-electron chi connectivity index (χ1n) is 7.65. The number of carboxylic acid groups (broad SMARTS) is 1. The molecule has 0 saturated heterocycles. The molecule has 0 bridgehead atoms. The first-order chi connectivity index (χ1) is 10.9. The summed E-state index contributed by atoms with van der Waals surface area (Å²) >= 11 is 3.54. The Kier molecular flexibility index (Phi) is 4.23. The Hall–Kier alpha value is -1.76. The average molecular weight is 382 g/mol. The van der Waals surface area contributed by atoms with Crippen LogP contribution in [0.2, 0.25) is 0 Å². The lowest BCUT2D eigenvalue weighted by molar-refractivity contribution is 0.105. The summed E-state index contributed by atoms with van der Waals surface area (Å²) in [7, 11) is 1.95. The van der Waals surface area contributed by atoms with Gasteiger partial charge in [-0.05, 0) is 54.6 Å². The van der Waals surface area contributed by atoms with Crippen LogP contribution in [0.15, 0.2) is 22.9 Å². The highest BCUT2D eigenvalue weighted by Gasteiger charge is 2.33. The summed E-state index contributed by atoms with van der Waals surface area (Å²) in [5, 5.41) is 11.5. The van der Waals surface area contributed by atoms with Crippen molar-refractivity contribution in [2.24, 2.45) is 7.05 Å². The zero-order valence-corrected chi connectivity index (χ0v) is 14.8. The molecule has 124 valence electrons. The third-order valence-electron chi connectivity index (χ3n) is 4.50. The number of amides is 1. The molecule has 1 aromatic heterocycles. The van der Waals surface area contributed by atoms with Crippen LogP contribution in [0.4, 0.5) is 4.79 Å². The van der Waals surface area contributed by atoms with Gasteiger partial charge in [-0.25, -0.2) is 9.78 Å². The second-order valence-electron chi connectivity index (χ2n) is 6.44. The molecule has 1 aliphatic rings. The lowest BCUT2D eigenvalue weighted by atomic mass is 9.82. The Bertz CT molecular complexity index is 735. The second-order valence-corrected chi connectivity index (χ2v) is 7.29. The van der Waals surface area contributed by atoms with Crippen molar-refractivity contribution in [2.75, 3.05) is 0 Å². The Labute approximate surface area is 143 Å². The highest BCUT2D eigenvalue weighted by atomic mass is 79.9. The van der Waals surface area contributed by atoms with Gasteiger partial charge in [-0.2, -0.15) is 0 Å². The minimum absolute atomic E-state index is 0.108. The van der Waals surface area contributed by atoms with E-state index in [0.29, 0.717) is 0 Å². The molecule has 0 spiro atoms. The second kappa shape index (κ2) is 6.03. The van der Waals surface area contributed by atoms with Gasteiger partial charge in [0.2, 0.25) is 0 Å². The van der Waals surface area contributed by atoms with Crippen LogP contribution in [0.1, 0.15) is 32.6 Å². The maximum atomic E-state index is 10.9. The third-order valence-corrected chi connectivity index (χ3v) is 5.11. The SMILES string of the molecule is Cn1cnc2c(Br)cc(OC3CCC(C)(NC(=O)O)CC3)cc21. The quantitative estimate of drug-likeness (QED) is 0.849. The van der Waals surface area contributed by atoms with Gasteiger partial charge in [0, 0.05) is 23.1 Å². The number of fused-ring (bicyclic) bond motifs is 1. The van der Waals surface area contributed by atoms with Crippen molar-refractivity contribution in [1.29, 1.82) is 0 Å². The molecule has 2 N–H and O–H groups in total. The Morgan fingerprint density at radius 1 is 1.48 bits per heavy atom. The summed E-state index contributed by atoms with van der Waals surface area (Å²) in [6.45, 7) is 1.95. The van der Waals surface area contributed by atoms with E-state index in [2.05, 4.69) is 26.2 Å². The van der Waals surface area contributed by atoms with Gasteiger partial charge >= 0.3 is 6.09 Å². The third kappa shape index (κ3) is 3.44. The number of aromatic nitrogens is 2. The number of halogens is 1. The van der Waals surface area contributed by atoms with E-state index in [9.17, 15) is 4.79 Å². The molecular weight excluding hydrogens is 362 g/mol. The standard InChI is InChI=1S/C16H20BrN3O3/c1-16(19-15(21)22)5-3-10(4-6-16)23-11-7-12(17)14-13(8-11)20(2)9-18-14/h7-10,19H,3-6H2,1-2H3,(H,21,22). The molecule has 1 aliphatic carbocycles. The van der Waals surface area contributed by atoms with Crippen LogP contribution in [-0.2, 0) is 7.05 Å². The maximum absolute atomic E-state index is 10.9. The van der Waals surface area contributed by atoms with Crippen molar-refractivity contribution >= 4 is 33.1 Å². The highest BCUT2D eigenvalue weighted by molar-refractivity contribution is 9.10. The molecule has 7 heteroatoms. The number of nitrogens with zero attached hydrogens (tertiary/aromatic N) is 2. The number of imidazole rings is 1. The zero-order chi connectivity index (χ0) is 16.6. The van der Waals surface area contributed by atoms with Crippen LogP contribution in [0.25, 0.3) is 11.0 Å². The first kappa shape index (κ1) is 16.1. The van der Waals surface area contributed by atoms with Gasteiger partial charge in [0.1, 0.15) is 11.3 Å². The Morgan fingerprint density at radius 2 is 2.17 bits per heavy atom. The van der Waals surface area contributed by atoms with E-state index in [4.69, 9.17) is 9.84 Å². The topological polar surface area (TPSA) is 76.4 Å². The van der Waals surface area contributed by atoms with Crippen molar-refractivity contribution in [1.82, 2.24) is 14.9 Å². The van der Waals surface area contributed by atoms with Gasteiger partial charge in [-0.1, -0.05) is 0 Å². The minimum atomic E-state index is -0.961. The first-order valence-corrected chi connectivity index (χ1v) is 8.44. The summed E-state index contributed by atoms with van der Waals surface area (Å²) in [5.41, 5.74) is 1.59. The van der Waals surface area contributed by atoms with Crippen LogP contribution in [0, 0.1) is 0 Å². The number of aryl methyl sites for hydroxylation is 1. The van der Waals surface area contributed by atoms with E-state index < -0.39 is 6.09 Å². The highest BCUT2D eigenvalue weighted by Crippen LogP contribution is 2.33. The number of hydrogen-bond acceptors (Lipinski definition) is 3. The van der Waals surface area contributed by atoms with E-state index in [1.165, 1.54) is 0 Å². The fourth-order valence-corrected chi connectivity index (χ4v) is 3.68. The van der Waals surface area contributed by atoms with Crippen LogP contribution in [-0.4, -0.2) is 32.4 Å². The molecular formula is C16H20BrN3O3. The molecule has 0 atom stereocenters. The van der Waals surface area contributed by atoms with Gasteiger partial charge in [0.15, 0.2) is 0 Å². The van der Waals surface area contributed by atoms with Gasteiger partial charge in [0.05, 0.1) is 17.9 Å². The molecule has 0 aliphatic heterocycles. The number of rotatable bonds is 3. The summed E-state index contributed by atoms with van der Waals surface area (Å²) in [5.74, 6) is 0.813. The molecule has 6 nitrogen and oxygen atoms in total. The molecule has 23 heavy (non-hydrogen) atoms. The molecule has 1 amide bonds. The molecule has 0 unspecified atom stereocenters. The zero-order valence-electron chi connectivity index (χ0n) is 13.2. The number of carbonyl (C=O) groups is 1. The van der Waals surface area contributed by atoms with Gasteiger partial charge in [-0.15, -0.1) is 0 Å². The van der Waals surface area contributed by atoms with Crippen LogP contribution < -0.4 is 10.1 Å². The van der Waals surface area contributed by atoms with E-state index in [1.807, 2.05) is 30.7 Å². The molecule has 1 saturated carbocycles. The van der Waals surface area contributed by atoms with E-state index in [1.54, 1.807) is 6.33 Å². The molecule has 1 heterocycles. The lowest BCUT2D eigenvalue weighted by Gasteiger charge is -2.37. The smallest absolute Gasteiger partial charge is 0.405 e. The van der Waals surface area contributed by atoms with Crippen molar-refractivity contribution in [3.05, 3.63) is 22.9 Å². The van der Waals surface area contributed by atoms with E-state index >= 15 is 0 Å². The van der Waals surface area contributed by atoms with Crippen LogP contribution in [0.5, 0.6) is 5.75 Å². The fourth-order valence-electron chi connectivity index (χ4n) is 3.15. The van der Waals surface area contributed by atoms with Crippen molar-refractivity contribution in [3.8, 4) is 5.75 Å². The molecule has 0 radical (unpaired) electrons. The lowest BCUT2D eigenvalue weighted by Crippen LogP contribution is -2.49. The molecule has 2 aromatic rings. The van der Waals surface area contributed by atoms with E-state index in [-0.39, 0.29) is 11.6 Å². The summed E-state index contributed by atoms with van der Waals surface area (Å²) in [6.07, 6.45) is 4.14. The number of nitrogens with one attached hydrogen (secondary N) is 1. The Morgan fingerprint density at radius 3 is 2.83 bits per heavy atom. The predicted octanol–water partition coefficient (Wildman–Crippen LogP) is 3.68. The number of benzene rings is 1. The predicted molar refractivity (Wildman–Crippen MR) is 90.9 cm³/mol. The average Bonchev–Trinajstić information content (AvgIpc) is 2.83. The largest absolute Gasteiger partial charge is 0.490 e. The fraction of sp³-hybridized carbons (Fsp3) is 0.500. The van der Waals surface area contributed by atoms with Gasteiger partial charge in [0.25, 0.3) is 0 Å². The summed E-state index contributed by atoms with van der Waals surface area (Å²) in [4.78, 5) is 15.2.